The minimum absolute atomic E-state index is 0.161. The number of aliphatic hydroxyl groups excluding tert-OH is 1. The van der Waals surface area contributed by atoms with Crippen molar-refractivity contribution < 1.29 is 38.1 Å². The maximum absolute atomic E-state index is 13.7. The Bertz CT molecular complexity index is 1060. The lowest BCUT2D eigenvalue weighted by Crippen LogP contribution is -2.68. The van der Waals surface area contributed by atoms with Gasteiger partial charge in [0.1, 0.15) is 11.5 Å². The van der Waals surface area contributed by atoms with Crippen molar-refractivity contribution in [2.45, 2.75) is 56.5 Å². The number of carboxylic acid groups (broad SMARTS) is 1. The number of aliphatic hydroxyl groups is 1. The van der Waals surface area contributed by atoms with Crippen molar-refractivity contribution in [1.29, 1.82) is 0 Å². The molecule has 0 spiro atoms. The van der Waals surface area contributed by atoms with Crippen LogP contribution in [-0.4, -0.2) is 65.9 Å². The van der Waals surface area contributed by atoms with E-state index in [0.29, 0.717) is 29.9 Å². The molecule has 1 aliphatic rings. The third-order valence-electron chi connectivity index (χ3n) is 6.80. The third kappa shape index (κ3) is 6.49. The van der Waals surface area contributed by atoms with Crippen molar-refractivity contribution in [3.8, 4) is 11.5 Å². The Morgan fingerprint density at radius 3 is 2.16 bits per heavy atom. The van der Waals surface area contributed by atoms with Gasteiger partial charge in [-0.15, -0.1) is 0 Å². The standard InChI is InChI=1S/C27H34F2N2O6/c1-18-22(36-2)13-20(14-23(18)37-3)21(15-32)31(12-8-7-11-19-9-5-4-6-10-19)25(35)30-26(24(33)34)16-27(28,29)17-26/h4-6,9-10,13-14,21,32H,7-8,11-12,15-17H2,1-3H3,(H,30,35)(H,33,34). The van der Waals surface area contributed by atoms with Crippen molar-refractivity contribution in [2.75, 3.05) is 27.4 Å². The largest absolute Gasteiger partial charge is 0.496 e. The number of carbonyl (C=O) groups is 2. The van der Waals surface area contributed by atoms with Crippen molar-refractivity contribution in [3.63, 3.8) is 0 Å². The Morgan fingerprint density at radius 2 is 1.68 bits per heavy atom. The maximum atomic E-state index is 13.7. The fraction of sp³-hybridized carbons (Fsp3) is 0.481. The monoisotopic (exact) mass is 520 g/mol. The number of ether oxygens (including phenoxy) is 2. The molecule has 37 heavy (non-hydrogen) atoms. The van der Waals surface area contributed by atoms with E-state index in [1.807, 2.05) is 30.3 Å². The zero-order valence-corrected chi connectivity index (χ0v) is 21.3. The lowest BCUT2D eigenvalue weighted by Gasteiger charge is -2.45. The first kappa shape index (κ1) is 28.2. The Hall–Kier alpha value is -3.40. The first-order valence-electron chi connectivity index (χ1n) is 12.1. The van der Waals surface area contributed by atoms with Crippen LogP contribution in [0.15, 0.2) is 42.5 Å². The summed E-state index contributed by atoms with van der Waals surface area (Å²) in [6.45, 7) is 1.48. The van der Waals surface area contributed by atoms with Crippen LogP contribution >= 0.6 is 0 Å². The van der Waals surface area contributed by atoms with Crippen LogP contribution in [0, 0.1) is 6.92 Å². The van der Waals surface area contributed by atoms with Crippen LogP contribution in [0.2, 0.25) is 0 Å². The average Bonchev–Trinajstić information content (AvgIpc) is 2.85. The van der Waals surface area contributed by atoms with E-state index in [-0.39, 0.29) is 6.54 Å². The molecule has 1 fully saturated rings. The highest BCUT2D eigenvalue weighted by atomic mass is 19.3. The Morgan fingerprint density at radius 1 is 1.08 bits per heavy atom. The number of unbranched alkanes of at least 4 members (excludes halogenated alkanes) is 1. The number of rotatable bonds is 12. The van der Waals surface area contributed by atoms with Crippen LogP contribution in [0.5, 0.6) is 11.5 Å². The summed E-state index contributed by atoms with van der Waals surface area (Å²) in [7, 11) is 2.97. The van der Waals surface area contributed by atoms with Crippen LogP contribution in [0.3, 0.4) is 0 Å². The minimum atomic E-state index is -3.17. The molecule has 2 aromatic carbocycles. The highest BCUT2D eigenvalue weighted by Gasteiger charge is 2.62. The number of benzene rings is 2. The molecule has 0 heterocycles. The van der Waals surface area contributed by atoms with Gasteiger partial charge in [0.2, 0.25) is 0 Å². The Balaban J connectivity index is 1.87. The van der Waals surface area contributed by atoms with Gasteiger partial charge in [-0.1, -0.05) is 30.3 Å². The van der Waals surface area contributed by atoms with E-state index in [0.717, 1.165) is 17.5 Å². The number of nitrogens with one attached hydrogen (secondary N) is 1. The number of nitrogens with zero attached hydrogens (tertiary/aromatic N) is 1. The van der Waals surface area contributed by atoms with Gasteiger partial charge in [0.25, 0.3) is 5.92 Å². The number of methoxy groups -OCH3 is 2. The van der Waals surface area contributed by atoms with E-state index in [1.165, 1.54) is 19.1 Å². The van der Waals surface area contributed by atoms with Crippen molar-refractivity contribution >= 4 is 12.0 Å². The normalized spacial score (nSPS) is 16.3. The topological polar surface area (TPSA) is 108 Å². The first-order chi connectivity index (χ1) is 17.6. The van der Waals surface area contributed by atoms with E-state index in [9.17, 15) is 28.6 Å². The fourth-order valence-electron chi connectivity index (χ4n) is 4.74. The van der Waals surface area contributed by atoms with Gasteiger partial charge < -0.3 is 29.9 Å². The van der Waals surface area contributed by atoms with Gasteiger partial charge in [-0.05, 0) is 49.4 Å². The summed E-state index contributed by atoms with van der Waals surface area (Å²) in [5, 5.41) is 22.3. The number of aliphatic carboxylic acids is 1. The van der Waals surface area contributed by atoms with E-state index in [4.69, 9.17) is 9.47 Å². The van der Waals surface area contributed by atoms with E-state index in [2.05, 4.69) is 5.32 Å². The summed E-state index contributed by atoms with van der Waals surface area (Å²) in [5.74, 6) is -3.72. The quantitative estimate of drug-likeness (QED) is 0.360. The molecule has 3 N–H and O–H groups in total. The number of halogens is 2. The molecule has 0 aliphatic heterocycles. The third-order valence-corrected chi connectivity index (χ3v) is 6.80. The molecule has 3 rings (SSSR count). The van der Waals surface area contributed by atoms with Crippen LogP contribution in [0.4, 0.5) is 13.6 Å². The van der Waals surface area contributed by atoms with Crippen LogP contribution in [-0.2, 0) is 11.2 Å². The number of alkyl halides is 2. The summed E-state index contributed by atoms with van der Waals surface area (Å²) in [6, 6.07) is 11.4. The molecular formula is C27H34F2N2O6. The van der Waals surface area contributed by atoms with E-state index < -0.39 is 49.0 Å². The van der Waals surface area contributed by atoms with E-state index in [1.54, 1.807) is 19.1 Å². The molecule has 1 unspecified atom stereocenters. The van der Waals surface area contributed by atoms with Gasteiger partial charge in [0.15, 0.2) is 5.54 Å². The molecule has 0 radical (unpaired) electrons. The number of aryl methyl sites for hydroxylation is 1. The number of urea groups is 1. The lowest BCUT2D eigenvalue weighted by atomic mass is 9.73. The number of hydrogen-bond donors (Lipinski definition) is 3. The maximum Gasteiger partial charge on any atom is 0.329 e. The SMILES string of the molecule is COc1cc(C(CO)N(CCCCc2ccccc2)C(=O)NC2(C(=O)O)CC(F)(F)C2)cc(OC)c1C. The molecule has 10 heteroatoms. The second-order valence-corrected chi connectivity index (χ2v) is 9.41. The molecule has 0 saturated heterocycles. The predicted octanol–water partition coefficient (Wildman–Crippen LogP) is 4.33. The van der Waals surface area contributed by atoms with Crippen molar-refractivity contribution in [1.82, 2.24) is 10.2 Å². The number of carbonyl (C=O) groups excluding carboxylic acids is 1. The van der Waals surface area contributed by atoms with Gasteiger partial charge in [0.05, 0.1) is 26.9 Å². The zero-order valence-electron chi connectivity index (χ0n) is 21.3. The zero-order chi connectivity index (χ0) is 27.2. The van der Waals surface area contributed by atoms with Gasteiger partial charge >= 0.3 is 12.0 Å². The number of hydrogen-bond acceptors (Lipinski definition) is 5. The molecule has 1 saturated carbocycles. The van der Waals surface area contributed by atoms with Crippen LogP contribution in [0.25, 0.3) is 0 Å². The van der Waals surface area contributed by atoms with Gasteiger partial charge in [-0.2, -0.15) is 0 Å². The number of amides is 2. The second-order valence-electron chi connectivity index (χ2n) is 9.41. The Kier molecular flexibility index (Phi) is 8.96. The lowest BCUT2D eigenvalue weighted by molar-refractivity contribution is -0.175. The summed E-state index contributed by atoms with van der Waals surface area (Å²) in [5.41, 5.74) is 0.298. The minimum Gasteiger partial charge on any atom is -0.496 e. The molecule has 1 atom stereocenters. The molecule has 0 aromatic heterocycles. The van der Waals surface area contributed by atoms with Crippen LogP contribution < -0.4 is 14.8 Å². The highest BCUT2D eigenvalue weighted by molar-refractivity contribution is 5.88. The molecule has 202 valence electrons. The molecule has 0 bridgehead atoms. The van der Waals surface area contributed by atoms with Crippen LogP contribution in [0.1, 0.15) is 48.4 Å². The smallest absolute Gasteiger partial charge is 0.329 e. The summed E-state index contributed by atoms with van der Waals surface area (Å²) in [4.78, 5) is 26.5. The molecule has 8 nitrogen and oxygen atoms in total. The highest BCUT2D eigenvalue weighted by Crippen LogP contribution is 2.46. The molecule has 2 amide bonds. The van der Waals surface area contributed by atoms with Gasteiger partial charge in [-0.25, -0.2) is 18.4 Å². The fourth-order valence-corrected chi connectivity index (χ4v) is 4.74. The summed E-state index contributed by atoms with van der Waals surface area (Å²) < 4.78 is 38.2. The van der Waals surface area contributed by atoms with E-state index >= 15 is 0 Å². The van der Waals surface area contributed by atoms with Gasteiger partial charge in [0, 0.05) is 24.9 Å². The summed E-state index contributed by atoms with van der Waals surface area (Å²) in [6.07, 6.45) is 0.0408. The first-order valence-corrected chi connectivity index (χ1v) is 12.1. The predicted molar refractivity (Wildman–Crippen MR) is 133 cm³/mol. The van der Waals surface area contributed by atoms with Gasteiger partial charge in [-0.3, -0.25) is 0 Å². The molecule has 1 aliphatic carbocycles. The average molecular weight is 521 g/mol. The molecule has 2 aromatic rings. The van der Waals surface area contributed by atoms with Crippen molar-refractivity contribution in [3.05, 3.63) is 59.2 Å². The Labute approximate surface area is 215 Å². The molecular weight excluding hydrogens is 486 g/mol. The number of carboxylic acids is 1. The van der Waals surface area contributed by atoms with Crippen molar-refractivity contribution in [2.24, 2.45) is 0 Å². The summed E-state index contributed by atoms with van der Waals surface area (Å²) >= 11 is 0. The second kappa shape index (κ2) is 11.8.